The van der Waals surface area contributed by atoms with E-state index in [1.54, 1.807) is 0 Å². The SMILES string of the molecule is C[Si](C)=C1[C-]=C(C2c3ccccc3-c3ccccc32)C=C1.[Zr]. The standard InChI is InChI=1S/C20H17Si.Zr/c1-21(2)15-12-11-14(13-15)20-18-9-5-3-7-16(18)17-8-4-6-10-19(17)20;/h3-12,20H,1-2H3;/q-1;. The van der Waals surface area contributed by atoms with Gasteiger partial charge in [0.2, 0.25) is 0 Å². The van der Waals surface area contributed by atoms with E-state index in [4.69, 9.17) is 0 Å². The zero-order chi connectivity index (χ0) is 14.4. The summed E-state index contributed by atoms with van der Waals surface area (Å²) in [6.45, 7) is 4.66. The minimum absolute atomic E-state index is 0. The van der Waals surface area contributed by atoms with E-state index in [0.717, 1.165) is 0 Å². The van der Waals surface area contributed by atoms with Gasteiger partial charge in [-0.2, -0.15) is 16.8 Å². The van der Waals surface area contributed by atoms with Crippen molar-refractivity contribution >= 4 is 13.6 Å². The summed E-state index contributed by atoms with van der Waals surface area (Å²) in [4.78, 5) is 0. The fraction of sp³-hybridized carbons (Fsp3) is 0.150. The maximum atomic E-state index is 3.68. The van der Waals surface area contributed by atoms with E-state index >= 15 is 0 Å². The van der Waals surface area contributed by atoms with Crippen LogP contribution in [-0.4, -0.2) is 13.6 Å². The molecule has 0 saturated carbocycles. The van der Waals surface area contributed by atoms with Crippen LogP contribution in [0.2, 0.25) is 13.1 Å². The molecule has 0 atom stereocenters. The summed E-state index contributed by atoms with van der Waals surface area (Å²) in [5.41, 5.74) is 6.94. The summed E-state index contributed by atoms with van der Waals surface area (Å²) < 4.78 is 0. The van der Waals surface area contributed by atoms with Gasteiger partial charge in [0, 0.05) is 32.1 Å². The van der Waals surface area contributed by atoms with Crippen molar-refractivity contribution < 1.29 is 26.2 Å². The second-order valence-electron chi connectivity index (χ2n) is 5.93. The van der Waals surface area contributed by atoms with E-state index in [9.17, 15) is 0 Å². The Balaban J connectivity index is 0.00000144. The number of fused-ring (bicyclic) bond motifs is 3. The van der Waals surface area contributed by atoms with E-state index in [2.05, 4.69) is 79.9 Å². The molecule has 0 nitrogen and oxygen atoms in total. The first-order valence-electron chi connectivity index (χ1n) is 7.43. The molecular formula is C20H17SiZr-. The van der Waals surface area contributed by atoms with Crippen LogP contribution in [0.15, 0.2) is 66.3 Å². The predicted octanol–water partition coefficient (Wildman–Crippen LogP) is 4.60. The molecule has 0 saturated heterocycles. The van der Waals surface area contributed by atoms with Gasteiger partial charge in [-0.3, -0.25) is 0 Å². The summed E-state index contributed by atoms with van der Waals surface area (Å²) in [5, 5.41) is 1.41. The quantitative estimate of drug-likeness (QED) is 0.504. The smallest absolute Gasteiger partial charge is 0.0118 e. The van der Waals surface area contributed by atoms with E-state index < -0.39 is 8.41 Å². The van der Waals surface area contributed by atoms with Gasteiger partial charge in [-0.05, 0) is 30.7 Å². The Labute approximate surface area is 152 Å². The van der Waals surface area contributed by atoms with Gasteiger partial charge < -0.3 is 0 Å². The molecule has 2 aromatic carbocycles. The van der Waals surface area contributed by atoms with E-state index in [-0.39, 0.29) is 26.2 Å². The van der Waals surface area contributed by atoms with Gasteiger partial charge in [0.1, 0.15) is 0 Å². The number of benzene rings is 2. The molecule has 0 N–H and O–H groups in total. The molecule has 2 aliphatic carbocycles. The van der Waals surface area contributed by atoms with Crippen molar-refractivity contribution in [2.45, 2.75) is 19.0 Å². The zero-order valence-corrected chi connectivity index (χ0v) is 16.3. The first-order valence-corrected chi connectivity index (χ1v) is 9.93. The van der Waals surface area contributed by atoms with Gasteiger partial charge in [-0.15, -0.1) is 0 Å². The van der Waals surface area contributed by atoms with Crippen LogP contribution >= 0.6 is 0 Å². The van der Waals surface area contributed by atoms with Gasteiger partial charge in [0.15, 0.2) is 0 Å². The second kappa shape index (κ2) is 6.18. The molecule has 22 heavy (non-hydrogen) atoms. The molecule has 0 bridgehead atoms. The first-order chi connectivity index (χ1) is 10.3. The third-order valence-corrected chi connectivity index (χ3v) is 5.76. The van der Waals surface area contributed by atoms with Crippen LogP contribution in [0.4, 0.5) is 0 Å². The van der Waals surface area contributed by atoms with Gasteiger partial charge >= 0.3 is 0 Å². The first kappa shape index (κ1) is 15.8. The van der Waals surface area contributed by atoms with Gasteiger partial charge in [-0.1, -0.05) is 61.6 Å². The number of hydrogen-bond donors (Lipinski definition) is 0. The third kappa shape index (κ3) is 2.43. The Morgan fingerprint density at radius 3 is 1.86 bits per heavy atom. The molecule has 0 unspecified atom stereocenters. The Morgan fingerprint density at radius 1 is 0.818 bits per heavy atom. The van der Waals surface area contributed by atoms with Crippen LogP contribution in [0.1, 0.15) is 17.0 Å². The van der Waals surface area contributed by atoms with Crippen LogP contribution in [0.25, 0.3) is 11.1 Å². The van der Waals surface area contributed by atoms with Crippen LogP contribution in [0, 0.1) is 6.08 Å². The summed E-state index contributed by atoms with van der Waals surface area (Å²) in [7, 11) is -0.429. The maximum absolute atomic E-state index is 3.68. The molecule has 0 fully saturated rings. The van der Waals surface area contributed by atoms with Crippen LogP contribution in [0.5, 0.6) is 0 Å². The fourth-order valence-corrected chi connectivity index (χ4v) is 4.17. The van der Waals surface area contributed by atoms with E-state index in [0.29, 0.717) is 5.92 Å². The summed E-state index contributed by atoms with van der Waals surface area (Å²) in [5.74, 6) is 0.354. The summed E-state index contributed by atoms with van der Waals surface area (Å²) in [6, 6.07) is 17.6. The van der Waals surface area contributed by atoms with Crippen LogP contribution in [0.3, 0.4) is 0 Å². The van der Waals surface area contributed by atoms with Crippen molar-refractivity contribution in [1.82, 2.24) is 0 Å². The topological polar surface area (TPSA) is 0 Å². The average Bonchev–Trinajstić information content (AvgIpc) is 3.09. The van der Waals surface area contributed by atoms with Crippen molar-refractivity contribution in [1.29, 1.82) is 0 Å². The second-order valence-corrected chi connectivity index (χ2v) is 8.47. The molecule has 0 spiro atoms. The van der Waals surface area contributed by atoms with Gasteiger partial charge in [-0.25, -0.2) is 12.2 Å². The third-order valence-electron chi connectivity index (χ3n) is 4.39. The van der Waals surface area contributed by atoms with Crippen molar-refractivity contribution in [3.8, 4) is 11.1 Å². The monoisotopic (exact) mass is 375 g/mol. The maximum Gasteiger partial charge on any atom is 0.0118 e. The summed E-state index contributed by atoms with van der Waals surface area (Å²) >= 11 is 0. The van der Waals surface area contributed by atoms with Crippen LogP contribution in [-0.2, 0) is 26.2 Å². The van der Waals surface area contributed by atoms with Crippen molar-refractivity contribution in [3.05, 3.63) is 83.5 Å². The minimum Gasteiger partial charge on any atom is -0.211 e. The van der Waals surface area contributed by atoms with Crippen molar-refractivity contribution in [2.75, 3.05) is 0 Å². The molecule has 106 valence electrons. The van der Waals surface area contributed by atoms with Crippen molar-refractivity contribution in [2.24, 2.45) is 0 Å². The van der Waals surface area contributed by atoms with E-state index in [1.807, 2.05) is 0 Å². The number of allylic oxidation sites excluding steroid dienone is 4. The molecule has 2 heteroatoms. The van der Waals surface area contributed by atoms with Gasteiger partial charge in [0.25, 0.3) is 0 Å². The molecular weight excluding hydrogens is 360 g/mol. The zero-order valence-electron chi connectivity index (χ0n) is 12.9. The van der Waals surface area contributed by atoms with Crippen LogP contribution < -0.4 is 0 Å². The number of hydrogen-bond acceptors (Lipinski definition) is 0. The summed E-state index contributed by atoms with van der Waals surface area (Å²) in [6.07, 6.45) is 8.23. The largest absolute Gasteiger partial charge is 0.211 e. The average molecular weight is 377 g/mol. The molecule has 4 rings (SSSR count). The Hall–Kier alpha value is -1.11. The molecule has 0 heterocycles. The number of rotatable bonds is 1. The fourth-order valence-electron chi connectivity index (χ4n) is 3.36. The predicted molar refractivity (Wildman–Crippen MR) is 92.1 cm³/mol. The van der Waals surface area contributed by atoms with Crippen molar-refractivity contribution in [3.63, 3.8) is 0 Å². The Kier molecular flexibility index (Phi) is 4.43. The molecule has 0 aromatic heterocycles. The Morgan fingerprint density at radius 2 is 1.36 bits per heavy atom. The normalized spacial score (nSPS) is 15.2. The molecule has 0 amide bonds. The molecule has 0 radical (unpaired) electrons. The molecule has 0 aliphatic heterocycles. The van der Waals surface area contributed by atoms with E-state index in [1.165, 1.54) is 33.0 Å². The minimum atomic E-state index is -0.429. The van der Waals surface area contributed by atoms with Gasteiger partial charge in [0.05, 0.1) is 0 Å². The molecule has 2 aliphatic rings. The molecule has 2 aromatic rings. The Bertz CT molecular complexity index is 778.